The molecule has 3 aromatic carbocycles. The molecule has 4 rings (SSSR count). The zero-order valence-electron chi connectivity index (χ0n) is 12.2. The lowest BCUT2D eigenvalue weighted by atomic mass is 10.0. The third kappa shape index (κ3) is 2.43. The zero-order chi connectivity index (χ0) is 15.8. The minimum absolute atomic E-state index is 0.261. The average Bonchev–Trinajstić information content (AvgIpc) is 2.94. The fraction of sp³-hybridized carbons (Fsp3) is 0. The van der Waals surface area contributed by atoms with E-state index >= 15 is 0 Å². The van der Waals surface area contributed by atoms with Gasteiger partial charge >= 0.3 is 0 Å². The Morgan fingerprint density at radius 2 is 1.61 bits per heavy atom. The molecular formula is C19H14N2OS. The quantitative estimate of drug-likeness (QED) is 0.516. The molecule has 0 radical (unpaired) electrons. The summed E-state index contributed by atoms with van der Waals surface area (Å²) < 4.78 is 6.08. The van der Waals surface area contributed by atoms with E-state index in [4.69, 9.17) is 22.4 Å². The summed E-state index contributed by atoms with van der Waals surface area (Å²) in [4.78, 5) is 0. The minimum atomic E-state index is 0.261. The van der Waals surface area contributed by atoms with Crippen LogP contribution in [0.2, 0.25) is 0 Å². The molecule has 1 heterocycles. The van der Waals surface area contributed by atoms with E-state index in [0.717, 1.165) is 38.8 Å². The summed E-state index contributed by atoms with van der Waals surface area (Å²) in [5.74, 6) is 0. The molecule has 0 aliphatic heterocycles. The number of para-hydroxylation sites is 2. The summed E-state index contributed by atoms with van der Waals surface area (Å²) in [5, 5.41) is 5.45. The second kappa shape index (κ2) is 5.41. The fourth-order valence-electron chi connectivity index (χ4n) is 2.85. The van der Waals surface area contributed by atoms with Crippen molar-refractivity contribution >= 4 is 45.0 Å². The normalized spacial score (nSPS) is 11.0. The summed E-state index contributed by atoms with van der Waals surface area (Å²) in [6.45, 7) is 0. The third-order valence-electron chi connectivity index (χ3n) is 3.87. The van der Waals surface area contributed by atoms with Gasteiger partial charge in [-0.2, -0.15) is 0 Å². The Bertz CT molecular complexity index is 1020. The van der Waals surface area contributed by atoms with Gasteiger partial charge in [-0.3, -0.25) is 0 Å². The van der Waals surface area contributed by atoms with Gasteiger partial charge in [-0.25, -0.2) is 0 Å². The first kappa shape index (κ1) is 13.8. The Morgan fingerprint density at radius 3 is 2.39 bits per heavy atom. The molecule has 0 aliphatic carbocycles. The first-order valence-electron chi connectivity index (χ1n) is 7.29. The Hall–Kier alpha value is -2.85. The first-order valence-corrected chi connectivity index (χ1v) is 7.70. The molecule has 4 aromatic rings. The van der Waals surface area contributed by atoms with Gasteiger partial charge in [-0.1, -0.05) is 48.5 Å². The van der Waals surface area contributed by atoms with Gasteiger partial charge in [-0.05, 0) is 36.0 Å². The van der Waals surface area contributed by atoms with Gasteiger partial charge in [-0.15, -0.1) is 0 Å². The van der Waals surface area contributed by atoms with Crippen LogP contribution in [-0.4, -0.2) is 5.11 Å². The number of nitrogens with one attached hydrogen (secondary N) is 1. The second-order valence-electron chi connectivity index (χ2n) is 5.35. The number of thiocarbonyl (C=S) groups is 1. The van der Waals surface area contributed by atoms with Crippen LogP contribution in [0, 0.1) is 0 Å². The monoisotopic (exact) mass is 318 g/mol. The van der Waals surface area contributed by atoms with Crippen LogP contribution in [0.1, 0.15) is 0 Å². The third-order valence-corrected chi connectivity index (χ3v) is 3.97. The lowest BCUT2D eigenvalue weighted by Crippen LogP contribution is -2.18. The molecular weight excluding hydrogens is 304 g/mol. The van der Waals surface area contributed by atoms with Crippen molar-refractivity contribution in [2.45, 2.75) is 0 Å². The summed E-state index contributed by atoms with van der Waals surface area (Å²) in [7, 11) is 0. The van der Waals surface area contributed by atoms with Gasteiger partial charge < -0.3 is 15.5 Å². The molecule has 0 unspecified atom stereocenters. The lowest BCUT2D eigenvalue weighted by molar-refractivity contribution is 0.670. The number of fused-ring (bicyclic) bond motifs is 3. The zero-order valence-corrected chi connectivity index (χ0v) is 13.1. The molecule has 1 aromatic heterocycles. The van der Waals surface area contributed by atoms with Crippen molar-refractivity contribution < 1.29 is 4.42 Å². The Kier molecular flexibility index (Phi) is 3.24. The Labute approximate surface area is 138 Å². The van der Waals surface area contributed by atoms with Crippen molar-refractivity contribution in [3.05, 3.63) is 66.7 Å². The van der Waals surface area contributed by atoms with Gasteiger partial charge in [0.15, 0.2) is 5.11 Å². The highest BCUT2D eigenvalue weighted by Gasteiger charge is 2.11. The predicted molar refractivity (Wildman–Crippen MR) is 99.6 cm³/mol. The molecule has 0 spiro atoms. The topological polar surface area (TPSA) is 51.2 Å². The van der Waals surface area contributed by atoms with Gasteiger partial charge in [0.05, 0.1) is 0 Å². The standard InChI is InChI=1S/C19H14N2OS/c20-19(23)21-13-10-8-12(9-11-13)14-5-3-6-16-15-4-1-2-7-17(15)22-18(14)16/h1-11H,(H3,20,21,23). The number of hydrogen-bond donors (Lipinski definition) is 2. The molecule has 0 amide bonds. The molecule has 0 saturated heterocycles. The lowest BCUT2D eigenvalue weighted by Gasteiger charge is -2.06. The Morgan fingerprint density at radius 1 is 0.870 bits per heavy atom. The largest absolute Gasteiger partial charge is 0.455 e. The highest BCUT2D eigenvalue weighted by atomic mass is 32.1. The number of nitrogens with two attached hydrogens (primary N) is 1. The molecule has 0 fully saturated rings. The molecule has 0 aliphatic rings. The van der Waals surface area contributed by atoms with Crippen molar-refractivity contribution in [1.82, 2.24) is 0 Å². The van der Waals surface area contributed by atoms with E-state index in [9.17, 15) is 0 Å². The van der Waals surface area contributed by atoms with Gasteiger partial charge in [0, 0.05) is 22.0 Å². The number of rotatable bonds is 2. The first-order chi connectivity index (χ1) is 11.2. The molecule has 3 N–H and O–H groups in total. The second-order valence-corrected chi connectivity index (χ2v) is 5.79. The van der Waals surface area contributed by atoms with Crippen LogP contribution >= 0.6 is 12.2 Å². The van der Waals surface area contributed by atoms with E-state index in [1.165, 1.54) is 0 Å². The summed E-state index contributed by atoms with van der Waals surface area (Å²) in [6.07, 6.45) is 0. The van der Waals surface area contributed by atoms with Gasteiger partial charge in [0.25, 0.3) is 0 Å². The number of hydrogen-bond acceptors (Lipinski definition) is 2. The summed E-state index contributed by atoms with van der Waals surface area (Å²) >= 11 is 4.86. The SMILES string of the molecule is NC(=S)Nc1ccc(-c2cccc3c2oc2ccccc23)cc1. The molecule has 0 bridgehead atoms. The average molecular weight is 318 g/mol. The van der Waals surface area contributed by atoms with Crippen LogP contribution < -0.4 is 11.1 Å². The highest BCUT2D eigenvalue weighted by Crippen LogP contribution is 2.35. The summed E-state index contributed by atoms with van der Waals surface area (Å²) in [5.41, 5.74) is 10.3. The van der Waals surface area contributed by atoms with Crippen molar-refractivity contribution in [2.24, 2.45) is 5.73 Å². The van der Waals surface area contributed by atoms with E-state index in [1.807, 2.05) is 42.5 Å². The van der Waals surface area contributed by atoms with Crippen LogP contribution in [0.3, 0.4) is 0 Å². The maximum atomic E-state index is 6.08. The molecule has 0 atom stereocenters. The smallest absolute Gasteiger partial charge is 0.168 e. The van der Waals surface area contributed by atoms with Gasteiger partial charge in [0.2, 0.25) is 0 Å². The van der Waals surface area contributed by atoms with Gasteiger partial charge in [0.1, 0.15) is 11.2 Å². The molecule has 0 saturated carbocycles. The fourth-order valence-corrected chi connectivity index (χ4v) is 2.97. The molecule has 4 heteroatoms. The predicted octanol–water partition coefficient (Wildman–Crippen LogP) is 4.91. The molecule has 23 heavy (non-hydrogen) atoms. The highest BCUT2D eigenvalue weighted by molar-refractivity contribution is 7.80. The van der Waals surface area contributed by atoms with Crippen molar-refractivity contribution in [2.75, 3.05) is 5.32 Å². The molecule has 3 nitrogen and oxygen atoms in total. The van der Waals surface area contributed by atoms with Crippen LogP contribution in [0.15, 0.2) is 71.1 Å². The van der Waals surface area contributed by atoms with Crippen LogP contribution in [0.4, 0.5) is 5.69 Å². The van der Waals surface area contributed by atoms with Crippen LogP contribution in [-0.2, 0) is 0 Å². The van der Waals surface area contributed by atoms with Crippen molar-refractivity contribution in [1.29, 1.82) is 0 Å². The number of anilines is 1. The van der Waals surface area contributed by atoms with E-state index in [1.54, 1.807) is 0 Å². The van der Waals surface area contributed by atoms with Crippen LogP contribution in [0.25, 0.3) is 33.1 Å². The Balaban J connectivity index is 1.86. The number of furan rings is 1. The summed E-state index contributed by atoms with van der Waals surface area (Å²) in [6, 6.07) is 22.3. The maximum absolute atomic E-state index is 6.08. The van der Waals surface area contributed by atoms with Crippen molar-refractivity contribution in [3.63, 3.8) is 0 Å². The minimum Gasteiger partial charge on any atom is -0.455 e. The van der Waals surface area contributed by atoms with E-state index in [0.29, 0.717) is 0 Å². The van der Waals surface area contributed by atoms with Crippen molar-refractivity contribution in [3.8, 4) is 11.1 Å². The van der Waals surface area contributed by atoms with E-state index in [-0.39, 0.29) is 5.11 Å². The number of benzene rings is 3. The maximum Gasteiger partial charge on any atom is 0.168 e. The van der Waals surface area contributed by atoms with E-state index in [2.05, 4.69) is 29.6 Å². The van der Waals surface area contributed by atoms with E-state index < -0.39 is 0 Å². The molecule has 112 valence electrons. The van der Waals surface area contributed by atoms with Crippen LogP contribution in [0.5, 0.6) is 0 Å².